The second-order valence-corrected chi connectivity index (χ2v) is 5.48. The molecule has 1 fully saturated rings. The molecular formula is C17H20N4O2. The summed E-state index contributed by atoms with van der Waals surface area (Å²) in [5, 5.41) is 12.4. The number of aromatic nitrogens is 1. The van der Waals surface area contributed by atoms with Gasteiger partial charge in [0, 0.05) is 26.6 Å². The van der Waals surface area contributed by atoms with Crippen LogP contribution in [-0.4, -0.2) is 42.7 Å². The van der Waals surface area contributed by atoms with Crippen LogP contribution in [0.25, 0.3) is 0 Å². The molecule has 6 heteroatoms. The summed E-state index contributed by atoms with van der Waals surface area (Å²) in [5.41, 5.74) is 1.54. The second kappa shape index (κ2) is 7.27. The fourth-order valence-electron chi connectivity index (χ4n) is 2.83. The summed E-state index contributed by atoms with van der Waals surface area (Å²) in [6.45, 7) is 5.65. The standard InChI is InChI=1S/C17H20N4O2/c1-13-20-15(11-18)17(23-13)19-12-16(14-5-3-2-4-6-14)21-7-9-22-10-8-21/h2-6,16,19H,7-10,12H2,1H3/t16-/m0/s1. The Morgan fingerprint density at radius 2 is 2.04 bits per heavy atom. The fraction of sp³-hybridized carbons (Fsp3) is 0.412. The van der Waals surface area contributed by atoms with Gasteiger partial charge in [0.25, 0.3) is 0 Å². The Balaban J connectivity index is 1.77. The smallest absolute Gasteiger partial charge is 0.232 e. The fourth-order valence-corrected chi connectivity index (χ4v) is 2.83. The van der Waals surface area contributed by atoms with Crippen molar-refractivity contribution in [2.75, 3.05) is 38.2 Å². The summed E-state index contributed by atoms with van der Waals surface area (Å²) in [6.07, 6.45) is 0. The van der Waals surface area contributed by atoms with Gasteiger partial charge in [0.2, 0.25) is 11.6 Å². The molecule has 0 bridgehead atoms. The Hall–Kier alpha value is -2.36. The summed E-state index contributed by atoms with van der Waals surface area (Å²) in [6, 6.07) is 12.6. The third-order valence-electron chi connectivity index (χ3n) is 3.97. The molecule has 1 aliphatic rings. The zero-order valence-corrected chi connectivity index (χ0v) is 13.2. The summed E-state index contributed by atoms with van der Waals surface area (Å²) in [5.74, 6) is 0.936. The van der Waals surface area contributed by atoms with Gasteiger partial charge >= 0.3 is 0 Å². The molecule has 1 atom stereocenters. The highest BCUT2D eigenvalue weighted by molar-refractivity contribution is 5.45. The van der Waals surface area contributed by atoms with Crippen LogP contribution in [0.15, 0.2) is 34.7 Å². The van der Waals surface area contributed by atoms with E-state index in [9.17, 15) is 0 Å². The van der Waals surface area contributed by atoms with Crippen LogP contribution in [0, 0.1) is 18.3 Å². The van der Waals surface area contributed by atoms with Crippen molar-refractivity contribution in [3.8, 4) is 6.07 Å². The van der Waals surface area contributed by atoms with Crippen molar-refractivity contribution in [3.05, 3.63) is 47.5 Å². The predicted octanol–water partition coefficient (Wildman–Crippen LogP) is 2.34. The summed E-state index contributed by atoms with van der Waals surface area (Å²) in [7, 11) is 0. The number of hydrogen-bond acceptors (Lipinski definition) is 6. The molecule has 1 saturated heterocycles. The number of benzene rings is 1. The van der Waals surface area contributed by atoms with Gasteiger partial charge in [0.1, 0.15) is 6.07 Å². The van der Waals surface area contributed by atoms with E-state index in [2.05, 4.69) is 33.4 Å². The minimum absolute atomic E-state index is 0.192. The Bertz CT molecular complexity index is 672. The number of hydrogen-bond donors (Lipinski definition) is 1. The molecule has 23 heavy (non-hydrogen) atoms. The minimum Gasteiger partial charge on any atom is -0.424 e. The van der Waals surface area contributed by atoms with Crippen LogP contribution < -0.4 is 5.32 Å². The SMILES string of the molecule is Cc1nc(C#N)c(NC[C@@H](c2ccccc2)N2CCOCC2)o1. The second-order valence-electron chi connectivity index (χ2n) is 5.48. The summed E-state index contributed by atoms with van der Waals surface area (Å²) >= 11 is 0. The maximum absolute atomic E-state index is 9.12. The summed E-state index contributed by atoms with van der Waals surface area (Å²) in [4.78, 5) is 6.46. The van der Waals surface area contributed by atoms with Gasteiger partial charge in [0.05, 0.1) is 19.3 Å². The highest BCUT2D eigenvalue weighted by Crippen LogP contribution is 2.24. The van der Waals surface area contributed by atoms with Crippen LogP contribution in [-0.2, 0) is 4.74 Å². The van der Waals surface area contributed by atoms with Gasteiger partial charge in [-0.3, -0.25) is 4.90 Å². The van der Waals surface area contributed by atoms with Gasteiger partial charge in [-0.2, -0.15) is 5.26 Å². The first kappa shape index (κ1) is 15.5. The van der Waals surface area contributed by atoms with Crippen molar-refractivity contribution in [1.29, 1.82) is 5.26 Å². The number of nitrogens with one attached hydrogen (secondary N) is 1. The summed E-state index contributed by atoms with van der Waals surface area (Å²) < 4.78 is 10.9. The Kier molecular flexibility index (Phi) is 4.91. The third-order valence-corrected chi connectivity index (χ3v) is 3.97. The molecule has 0 aliphatic carbocycles. The molecule has 0 radical (unpaired) electrons. The number of ether oxygens (including phenoxy) is 1. The molecule has 120 valence electrons. The lowest BCUT2D eigenvalue weighted by molar-refractivity contribution is 0.0186. The zero-order chi connectivity index (χ0) is 16.1. The predicted molar refractivity (Wildman–Crippen MR) is 86.0 cm³/mol. The highest BCUT2D eigenvalue weighted by Gasteiger charge is 2.23. The van der Waals surface area contributed by atoms with E-state index in [0.717, 1.165) is 26.3 Å². The van der Waals surface area contributed by atoms with E-state index in [-0.39, 0.29) is 6.04 Å². The average molecular weight is 312 g/mol. The van der Waals surface area contributed by atoms with E-state index in [4.69, 9.17) is 14.4 Å². The monoisotopic (exact) mass is 312 g/mol. The zero-order valence-electron chi connectivity index (χ0n) is 13.2. The van der Waals surface area contributed by atoms with Gasteiger partial charge in [-0.1, -0.05) is 30.3 Å². The largest absolute Gasteiger partial charge is 0.424 e. The molecule has 2 heterocycles. The van der Waals surface area contributed by atoms with Gasteiger partial charge in [0.15, 0.2) is 5.89 Å². The van der Waals surface area contributed by atoms with Crippen LogP contribution >= 0.6 is 0 Å². The Labute approximate surface area is 135 Å². The molecule has 3 rings (SSSR count). The normalized spacial score (nSPS) is 16.7. The quantitative estimate of drug-likeness (QED) is 0.913. The van der Waals surface area contributed by atoms with Crippen LogP contribution in [0.4, 0.5) is 5.88 Å². The van der Waals surface area contributed by atoms with Crippen molar-refractivity contribution in [2.24, 2.45) is 0 Å². The molecule has 0 spiro atoms. The maximum Gasteiger partial charge on any atom is 0.232 e. The van der Waals surface area contributed by atoms with Gasteiger partial charge in [-0.25, -0.2) is 4.98 Å². The van der Waals surface area contributed by atoms with Gasteiger partial charge < -0.3 is 14.5 Å². The topological polar surface area (TPSA) is 74.3 Å². The van der Waals surface area contributed by atoms with E-state index in [0.29, 0.717) is 24.0 Å². The molecule has 0 unspecified atom stereocenters. The molecule has 2 aromatic rings. The van der Waals surface area contributed by atoms with E-state index >= 15 is 0 Å². The van der Waals surface area contributed by atoms with E-state index in [1.807, 2.05) is 18.2 Å². The lowest BCUT2D eigenvalue weighted by Gasteiger charge is -2.34. The van der Waals surface area contributed by atoms with Crippen molar-refractivity contribution in [3.63, 3.8) is 0 Å². The van der Waals surface area contributed by atoms with Crippen molar-refractivity contribution in [2.45, 2.75) is 13.0 Å². The van der Waals surface area contributed by atoms with Crippen LogP contribution in [0.3, 0.4) is 0 Å². The van der Waals surface area contributed by atoms with E-state index in [1.54, 1.807) is 6.92 Å². The first-order valence-electron chi connectivity index (χ1n) is 7.76. The number of morpholine rings is 1. The molecule has 0 amide bonds. The van der Waals surface area contributed by atoms with Crippen LogP contribution in [0.1, 0.15) is 23.2 Å². The molecule has 1 aliphatic heterocycles. The molecule has 6 nitrogen and oxygen atoms in total. The van der Waals surface area contributed by atoms with E-state index < -0.39 is 0 Å². The first-order chi connectivity index (χ1) is 11.3. The molecule has 1 aromatic carbocycles. The van der Waals surface area contributed by atoms with Crippen molar-refractivity contribution in [1.82, 2.24) is 9.88 Å². The molecule has 0 saturated carbocycles. The van der Waals surface area contributed by atoms with Crippen molar-refractivity contribution < 1.29 is 9.15 Å². The Morgan fingerprint density at radius 3 is 2.74 bits per heavy atom. The minimum atomic E-state index is 0.192. The molecule has 1 aromatic heterocycles. The number of aryl methyl sites for hydroxylation is 1. The number of anilines is 1. The highest BCUT2D eigenvalue weighted by atomic mass is 16.5. The lowest BCUT2D eigenvalue weighted by Crippen LogP contribution is -2.41. The Morgan fingerprint density at radius 1 is 1.30 bits per heavy atom. The van der Waals surface area contributed by atoms with Gasteiger partial charge in [-0.15, -0.1) is 0 Å². The first-order valence-corrected chi connectivity index (χ1v) is 7.76. The third kappa shape index (κ3) is 3.70. The number of oxazole rings is 1. The number of nitrogens with zero attached hydrogens (tertiary/aromatic N) is 3. The number of nitriles is 1. The molecular weight excluding hydrogens is 292 g/mol. The average Bonchev–Trinajstić information content (AvgIpc) is 2.97. The van der Waals surface area contributed by atoms with Gasteiger partial charge in [-0.05, 0) is 5.56 Å². The van der Waals surface area contributed by atoms with E-state index in [1.165, 1.54) is 5.56 Å². The molecule has 1 N–H and O–H groups in total. The van der Waals surface area contributed by atoms with Crippen LogP contribution in [0.2, 0.25) is 0 Å². The number of rotatable bonds is 5. The maximum atomic E-state index is 9.12. The lowest BCUT2D eigenvalue weighted by atomic mass is 10.0. The van der Waals surface area contributed by atoms with Crippen LogP contribution in [0.5, 0.6) is 0 Å². The van der Waals surface area contributed by atoms with Crippen molar-refractivity contribution >= 4 is 5.88 Å².